The van der Waals surface area contributed by atoms with Gasteiger partial charge in [0, 0.05) is 19.6 Å². The average Bonchev–Trinajstić information content (AvgIpc) is 3.18. The lowest BCUT2D eigenvalue weighted by Crippen LogP contribution is -2.37. The molecule has 0 radical (unpaired) electrons. The van der Waals surface area contributed by atoms with Gasteiger partial charge in [-0.1, -0.05) is 159 Å². The fourth-order valence-corrected chi connectivity index (χ4v) is 7.06. The summed E-state index contributed by atoms with van der Waals surface area (Å²) in [4.78, 5) is 4.97. The third kappa shape index (κ3) is 40.4. The fraction of sp³-hybridized carbons (Fsp3) is 0.837. The Bertz CT molecular complexity index is 773. The van der Waals surface area contributed by atoms with Crippen LogP contribution in [0.4, 0.5) is 0 Å². The molecule has 0 amide bonds. The van der Waals surface area contributed by atoms with Crippen LogP contribution in [0.15, 0.2) is 48.6 Å². The van der Waals surface area contributed by atoms with E-state index in [0.717, 1.165) is 52.0 Å². The van der Waals surface area contributed by atoms with Crippen molar-refractivity contribution in [3.8, 4) is 0 Å². The highest BCUT2D eigenvalue weighted by Gasteiger charge is 2.12. The van der Waals surface area contributed by atoms with Gasteiger partial charge in [-0.05, 0) is 122 Å². The summed E-state index contributed by atoms with van der Waals surface area (Å²) in [7, 11) is 0. The molecule has 0 aliphatic carbocycles. The van der Waals surface area contributed by atoms with Gasteiger partial charge in [-0.2, -0.15) is 0 Å². The van der Waals surface area contributed by atoms with Gasteiger partial charge in [0.15, 0.2) is 0 Å². The number of hydrogen-bond acceptors (Lipinski definition) is 5. The van der Waals surface area contributed by atoms with Crippen molar-refractivity contribution in [1.82, 2.24) is 9.80 Å². The van der Waals surface area contributed by atoms with E-state index in [9.17, 15) is 10.2 Å². The van der Waals surface area contributed by atoms with Gasteiger partial charge in [0.2, 0.25) is 0 Å². The lowest BCUT2D eigenvalue weighted by atomic mass is 10.1. The van der Waals surface area contributed by atoms with Crippen LogP contribution in [0.1, 0.15) is 207 Å². The van der Waals surface area contributed by atoms with Gasteiger partial charge in [-0.25, -0.2) is 0 Å². The molecular formula is C49H95N3O2. The Balaban J connectivity index is 4.06. The van der Waals surface area contributed by atoms with Gasteiger partial charge < -0.3 is 25.7 Å². The minimum atomic E-state index is -0.423. The summed E-state index contributed by atoms with van der Waals surface area (Å²) in [5.74, 6) is 0. The molecule has 0 spiro atoms. The van der Waals surface area contributed by atoms with Crippen molar-refractivity contribution >= 4 is 0 Å². The van der Waals surface area contributed by atoms with Crippen LogP contribution in [0, 0.1) is 0 Å². The minimum absolute atomic E-state index is 0.211. The molecule has 5 heteroatoms. The molecule has 0 heterocycles. The molecule has 0 aromatic rings. The van der Waals surface area contributed by atoms with E-state index >= 15 is 0 Å². The maximum atomic E-state index is 10.4. The fourth-order valence-electron chi connectivity index (χ4n) is 7.06. The van der Waals surface area contributed by atoms with Gasteiger partial charge in [-0.3, -0.25) is 0 Å². The van der Waals surface area contributed by atoms with Crippen LogP contribution in [-0.4, -0.2) is 78.0 Å². The zero-order chi connectivity index (χ0) is 39.4. The smallest absolute Gasteiger partial charge is 0.0789 e. The standard InChI is InChI=1S/C49H95N3O2/c1-4-7-9-11-13-15-17-19-21-23-25-27-29-31-33-37-41-51(46-48(53)6-3)42-39-35-36-40-44-52(47-49(54)45-50)43-38-34-32-30-28-26-24-22-20-18-16-14-12-10-8-5-2/h13-16,19-22,48-49,53-54H,4-12,17-18,23-47,50H2,1-3H3/b15-13-,16-14-,21-19+,22-20+. The molecule has 0 bridgehead atoms. The number of rotatable bonds is 43. The van der Waals surface area contributed by atoms with E-state index in [1.54, 1.807) is 0 Å². The number of hydrogen-bond donors (Lipinski definition) is 3. The molecule has 5 nitrogen and oxygen atoms in total. The van der Waals surface area contributed by atoms with E-state index in [4.69, 9.17) is 5.73 Å². The lowest BCUT2D eigenvalue weighted by molar-refractivity contribution is 0.106. The molecule has 0 rings (SSSR count). The molecule has 0 saturated carbocycles. The maximum absolute atomic E-state index is 10.4. The summed E-state index contributed by atoms with van der Waals surface area (Å²) in [5.41, 5.74) is 5.77. The van der Waals surface area contributed by atoms with Crippen molar-refractivity contribution in [3.05, 3.63) is 48.6 Å². The van der Waals surface area contributed by atoms with Crippen LogP contribution in [0.25, 0.3) is 0 Å². The second-order valence-electron chi connectivity index (χ2n) is 16.1. The molecule has 0 aromatic heterocycles. The summed E-state index contributed by atoms with van der Waals surface area (Å²) in [6.45, 7) is 12.8. The molecule has 2 atom stereocenters. The van der Waals surface area contributed by atoms with Gasteiger partial charge in [0.05, 0.1) is 12.2 Å². The number of nitrogens with two attached hydrogens (primary N) is 1. The van der Waals surface area contributed by atoms with Gasteiger partial charge in [0.1, 0.15) is 0 Å². The summed E-state index contributed by atoms with van der Waals surface area (Å²) < 4.78 is 0. The molecule has 4 N–H and O–H groups in total. The monoisotopic (exact) mass is 758 g/mol. The first-order valence-electron chi connectivity index (χ1n) is 23.7. The topological polar surface area (TPSA) is 73.0 Å². The minimum Gasteiger partial charge on any atom is -0.392 e. The predicted molar refractivity (Wildman–Crippen MR) is 241 cm³/mol. The van der Waals surface area contributed by atoms with E-state index in [1.165, 1.54) is 167 Å². The zero-order valence-electron chi connectivity index (χ0n) is 36.6. The molecule has 318 valence electrons. The number of aliphatic hydroxyl groups is 2. The highest BCUT2D eigenvalue weighted by Crippen LogP contribution is 2.13. The van der Waals surface area contributed by atoms with E-state index in [-0.39, 0.29) is 6.10 Å². The van der Waals surface area contributed by atoms with Crippen LogP contribution < -0.4 is 5.73 Å². The van der Waals surface area contributed by atoms with Crippen LogP contribution in [0.2, 0.25) is 0 Å². The molecule has 0 aliphatic heterocycles. The third-order valence-corrected chi connectivity index (χ3v) is 10.7. The molecule has 54 heavy (non-hydrogen) atoms. The Kier molecular flexibility index (Phi) is 43.5. The van der Waals surface area contributed by atoms with Gasteiger partial charge in [-0.15, -0.1) is 0 Å². The first kappa shape index (κ1) is 52.8. The number of nitrogens with zero attached hydrogens (tertiary/aromatic N) is 2. The molecule has 0 aromatic carbocycles. The number of allylic oxidation sites excluding steroid dienone is 8. The van der Waals surface area contributed by atoms with Crippen molar-refractivity contribution in [1.29, 1.82) is 0 Å². The average molecular weight is 758 g/mol. The second-order valence-corrected chi connectivity index (χ2v) is 16.1. The van der Waals surface area contributed by atoms with Crippen molar-refractivity contribution < 1.29 is 10.2 Å². The summed E-state index contributed by atoms with van der Waals surface area (Å²) >= 11 is 0. The van der Waals surface area contributed by atoms with Crippen molar-refractivity contribution in [2.75, 3.05) is 45.8 Å². The molecule has 0 aliphatic rings. The largest absolute Gasteiger partial charge is 0.392 e. The van der Waals surface area contributed by atoms with Crippen molar-refractivity contribution in [3.63, 3.8) is 0 Å². The quantitative estimate of drug-likeness (QED) is 0.0427. The Labute approximate surface area is 338 Å². The maximum Gasteiger partial charge on any atom is 0.0789 e. The first-order valence-corrected chi connectivity index (χ1v) is 23.7. The van der Waals surface area contributed by atoms with E-state index in [0.29, 0.717) is 13.1 Å². The van der Waals surface area contributed by atoms with Crippen LogP contribution in [0.3, 0.4) is 0 Å². The molecule has 0 fully saturated rings. The Morgan fingerprint density at radius 3 is 1.00 bits per heavy atom. The lowest BCUT2D eigenvalue weighted by Gasteiger charge is -2.25. The second kappa shape index (κ2) is 44.5. The normalized spacial score (nSPS) is 13.7. The highest BCUT2D eigenvalue weighted by atomic mass is 16.3. The van der Waals surface area contributed by atoms with Crippen molar-refractivity contribution in [2.45, 2.75) is 219 Å². The third-order valence-electron chi connectivity index (χ3n) is 10.7. The summed E-state index contributed by atoms with van der Waals surface area (Å²) in [6.07, 6.45) is 54.5. The summed E-state index contributed by atoms with van der Waals surface area (Å²) in [6, 6.07) is 0. The highest BCUT2D eigenvalue weighted by molar-refractivity contribution is 4.93. The van der Waals surface area contributed by atoms with E-state index in [1.807, 2.05) is 0 Å². The number of unbranched alkanes of at least 4 members (excludes halogenated alkanes) is 21. The van der Waals surface area contributed by atoms with E-state index < -0.39 is 6.10 Å². The number of aliphatic hydroxyl groups excluding tert-OH is 2. The predicted octanol–water partition coefficient (Wildman–Crippen LogP) is 12.9. The first-order chi connectivity index (χ1) is 26.6. The van der Waals surface area contributed by atoms with Crippen LogP contribution in [0.5, 0.6) is 0 Å². The summed E-state index contributed by atoms with van der Waals surface area (Å²) in [5, 5.41) is 20.6. The molecule has 0 saturated heterocycles. The van der Waals surface area contributed by atoms with E-state index in [2.05, 4.69) is 79.2 Å². The Morgan fingerprint density at radius 1 is 0.389 bits per heavy atom. The Morgan fingerprint density at radius 2 is 0.685 bits per heavy atom. The van der Waals surface area contributed by atoms with Crippen LogP contribution >= 0.6 is 0 Å². The zero-order valence-corrected chi connectivity index (χ0v) is 36.6. The van der Waals surface area contributed by atoms with Crippen LogP contribution in [-0.2, 0) is 0 Å². The molecular weight excluding hydrogens is 663 g/mol. The SMILES string of the molecule is CCCCC/C=C\C/C=C/CCCCCCCCN(CCCCCCN(CCCCCCCC/C=C/C/C=C\CCCCC)CC(O)CN)CC(O)CC. The Hall–Kier alpha value is -1.24. The van der Waals surface area contributed by atoms with Gasteiger partial charge >= 0.3 is 0 Å². The molecule has 2 unspecified atom stereocenters. The van der Waals surface area contributed by atoms with Gasteiger partial charge in [0.25, 0.3) is 0 Å². The van der Waals surface area contributed by atoms with Crippen molar-refractivity contribution in [2.24, 2.45) is 5.73 Å².